The average molecular weight is 305 g/mol. The molecule has 5 nitrogen and oxygen atoms in total. The van der Waals surface area contributed by atoms with Crippen molar-refractivity contribution in [3.63, 3.8) is 0 Å². The summed E-state index contributed by atoms with van der Waals surface area (Å²) in [7, 11) is 0. The summed E-state index contributed by atoms with van der Waals surface area (Å²) in [6, 6.07) is 2.64. The molecule has 21 heavy (non-hydrogen) atoms. The van der Waals surface area contributed by atoms with Crippen molar-refractivity contribution in [2.24, 2.45) is 5.92 Å². The maximum atomic E-state index is 13.0. The molecule has 0 heterocycles. The third-order valence-electron chi connectivity index (χ3n) is 2.54. The third kappa shape index (κ3) is 5.72. The molecule has 2 N–H and O–H groups in total. The van der Waals surface area contributed by atoms with Crippen LogP contribution in [0.1, 0.15) is 23.7 Å². The molecule has 0 saturated carbocycles. The fourth-order valence-electron chi connectivity index (χ4n) is 1.61. The van der Waals surface area contributed by atoms with E-state index in [0.717, 1.165) is 12.1 Å². The lowest BCUT2D eigenvalue weighted by Gasteiger charge is -2.13. The number of aliphatic carboxylic acids is 1. The van der Waals surface area contributed by atoms with E-state index in [2.05, 4.69) is 10.1 Å². The molecule has 0 aliphatic carbocycles. The summed E-state index contributed by atoms with van der Waals surface area (Å²) < 4.78 is 41.5. The molecule has 1 amide bonds. The number of hydrogen-bond acceptors (Lipinski definition) is 3. The van der Waals surface area contributed by atoms with Crippen molar-refractivity contribution < 1.29 is 32.6 Å². The summed E-state index contributed by atoms with van der Waals surface area (Å²) in [5.74, 6) is -3.50. The van der Waals surface area contributed by atoms with Crippen LogP contribution in [0.3, 0.4) is 0 Å². The Kier molecular flexibility index (Phi) is 6.01. The highest BCUT2D eigenvalue weighted by molar-refractivity contribution is 5.96. The zero-order valence-electron chi connectivity index (χ0n) is 11.1. The molecule has 8 heteroatoms. The van der Waals surface area contributed by atoms with E-state index in [1.54, 1.807) is 6.92 Å². The molecule has 0 aromatic heterocycles. The molecule has 0 radical (unpaired) electrons. The van der Waals surface area contributed by atoms with Gasteiger partial charge in [0.2, 0.25) is 0 Å². The van der Waals surface area contributed by atoms with Crippen LogP contribution in [0.25, 0.3) is 0 Å². The number of halogens is 3. The number of carboxylic acid groups (broad SMARTS) is 1. The molecule has 0 aliphatic rings. The van der Waals surface area contributed by atoms with Crippen LogP contribution in [0.4, 0.5) is 13.2 Å². The normalized spacial score (nSPS) is 12.0. The number of carbonyl (C=O) groups excluding carboxylic acids is 1. The molecule has 1 aromatic rings. The lowest BCUT2D eigenvalue weighted by Crippen LogP contribution is -2.29. The number of rotatable bonds is 7. The molecule has 0 spiro atoms. The zero-order chi connectivity index (χ0) is 16.0. The minimum Gasteiger partial charge on any atom is -0.481 e. The van der Waals surface area contributed by atoms with Crippen LogP contribution in [0.2, 0.25) is 0 Å². The Morgan fingerprint density at radius 2 is 2.05 bits per heavy atom. The highest BCUT2D eigenvalue weighted by Gasteiger charge is 2.17. The van der Waals surface area contributed by atoms with Gasteiger partial charge in [0.05, 0.1) is 5.56 Å². The Bertz CT molecular complexity index is 522. The van der Waals surface area contributed by atoms with Crippen LogP contribution in [0, 0.1) is 11.7 Å². The maximum absolute atomic E-state index is 13.0. The second kappa shape index (κ2) is 7.51. The third-order valence-corrected chi connectivity index (χ3v) is 2.54. The molecule has 0 bridgehead atoms. The second-order valence-electron chi connectivity index (χ2n) is 4.43. The van der Waals surface area contributed by atoms with E-state index in [-0.39, 0.29) is 24.4 Å². The average Bonchev–Trinajstić information content (AvgIpc) is 2.34. The summed E-state index contributed by atoms with van der Waals surface area (Å²) in [5.41, 5.74) is -0.251. The molecule has 1 unspecified atom stereocenters. The standard InChI is InChI=1S/C13H14F3NO4/c1-7(4-11(18)19)6-17-12(20)9-3-2-8(14)5-10(9)21-13(15)16/h2-3,5,7,13H,4,6H2,1H3,(H,17,20)(H,18,19). The minimum atomic E-state index is -3.19. The van der Waals surface area contributed by atoms with E-state index in [4.69, 9.17) is 5.11 Å². The molecular formula is C13H14F3NO4. The number of carbonyl (C=O) groups is 2. The van der Waals surface area contributed by atoms with E-state index < -0.39 is 30.1 Å². The lowest BCUT2D eigenvalue weighted by atomic mass is 10.1. The number of ether oxygens (including phenoxy) is 1. The minimum absolute atomic E-state index is 0.0383. The van der Waals surface area contributed by atoms with Crippen molar-refractivity contribution in [1.29, 1.82) is 0 Å². The lowest BCUT2D eigenvalue weighted by molar-refractivity contribution is -0.137. The summed E-state index contributed by atoms with van der Waals surface area (Å²) >= 11 is 0. The number of carboxylic acids is 1. The quantitative estimate of drug-likeness (QED) is 0.810. The maximum Gasteiger partial charge on any atom is 0.387 e. The summed E-state index contributed by atoms with van der Waals surface area (Å²) in [4.78, 5) is 22.3. The van der Waals surface area contributed by atoms with Crippen molar-refractivity contribution in [2.45, 2.75) is 20.0 Å². The van der Waals surface area contributed by atoms with Gasteiger partial charge in [-0.2, -0.15) is 8.78 Å². The monoisotopic (exact) mass is 305 g/mol. The van der Waals surface area contributed by atoms with Crippen LogP contribution in [0.5, 0.6) is 5.75 Å². The molecule has 116 valence electrons. The first-order valence-corrected chi connectivity index (χ1v) is 6.04. The van der Waals surface area contributed by atoms with Crippen molar-refractivity contribution in [3.05, 3.63) is 29.6 Å². The Labute approximate surface area is 118 Å². The van der Waals surface area contributed by atoms with E-state index in [1.807, 2.05) is 0 Å². The molecule has 1 aromatic carbocycles. The summed E-state index contributed by atoms with van der Waals surface area (Å²) in [6.45, 7) is -1.55. The number of nitrogens with one attached hydrogen (secondary N) is 1. The number of amides is 1. The Morgan fingerprint density at radius 3 is 2.62 bits per heavy atom. The number of hydrogen-bond donors (Lipinski definition) is 2. The largest absolute Gasteiger partial charge is 0.481 e. The highest BCUT2D eigenvalue weighted by atomic mass is 19.3. The van der Waals surface area contributed by atoms with Gasteiger partial charge in [-0.25, -0.2) is 4.39 Å². The van der Waals surface area contributed by atoms with Crippen molar-refractivity contribution in [3.8, 4) is 5.75 Å². The zero-order valence-corrected chi connectivity index (χ0v) is 11.1. The Balaban J connectivity index is 2.75. The first-order valence-electron chi connectivity index (χ1n) is 6.04. The van der Waals surface area contributed by atoms with Crippen LogP contribution in [-0.4, -0.2) is 30.1 Å². The number of benzene rings is 1. The Hall–Kier alpha value is -2.25. The van der Waals surface area contributed by atoms with Gasteiger partial charge in [0, 0.05) is 19.0 Å². The van der Waals surface area contributed by atoms with Crippen LogP contribution in [0.15, 0.2) is 18.2 Å². The van der Waals surface area contributed by atoms with Gasteiger partial charge in [0.25, 0.3) is 5.91 Å². The predicted octanol–water partition coefficient (Wildman–Crippen LogP) is 2.27. The van der Waals surface area contributed by atoms with Crippen molar-refractivity contribution >= 4 is 11.9 Å². The molecule has 0 fully saturated rings. The smallest absolute Gasteiger partial charge is 0.387 e. The first kappa shape index (κ1) is 16.8. The molecule has 0 aliphatic heterocycles. The first-order chi connectivity index (χ1) is 9.79. The van der Waals surface area contributed by atoms with Gasteiger partial charge in [-0.05, 0) is 18.1 Å². The van der Waals surface area contributed by atoms with E-state index >= 15 is 0 Å². The number of alkyl halides is 2. The van der Waals surface area contributed by atoms with E-state index in [1.165, 1.54) is 0 Å². The topological polar surface area (TPSA) is 75.6 Å². The molecular weight excluding hydrogens is 291 g/mol. The van der Waals surface area contributed by atoms with Crippen LogP contribution < -0.4 is 10.1 Å². The Morgan fingerprint density at radius 1 is 1.38 bits per heavy atom. The highest BCUT2D eigenvalue weighted by Crippen LogP contribution is 2.22. The van der Waals surface area contributed by atoms with Gasteiger partial charge in [-0.15, -0.1) is 0 Å². The van der Waals surface area contributed by atoms with Crippen molar-refractivity contribution in [2.75, 3.05) is 6.54 Å². The molecule has 1 rings (SSSR count). The summed E-state index contributed by atoms with van der Waals surface area (Å²) in [5, 5.41) is 11.0. The van der Waals surface area contributed by atoms with Gasteiger partial charge in [-0.1, -0.05) is 6.92 Å². The van der Waals surface area contributed by atoms with Crippen LogP contribution >= 0.6 is 0 Å². The fraction of sp³-hybridized carbons (Fsp3) is 0.385. The SMILES string of the molecule is CC(CNC(=O)c1ccc(F)cc1OC(F)F)CC(=O)O. The second-order valence-corrected chi connectivity index (χ2v) is 4.43. The van der Waals surface area contributed by atoms with Crippen LogP contribution in [-0.2, 0) is 4.79 Å². The van der Waals surface area contributed by atoms with Crippen molar-refractivity contribution in [1.82, 2.24) is 5.32 Å². The van der Waals surface area contributed by atoms with E-state index in [9.17, 15) is 22.8 Å². The summed E-state index contributed by atoms with van der Waals surface area (Å²) in [6.07, 6.45) is -0.149. The predicted molar refractivity (Wildman–Crippen MR) is 66.8 cm³/mol. The van der Waals surface area contributed by atoms with Gasteiger partial charge in [-0.3, -0.25) is 9.59 Å². The van der Waals surface area contributed by atoms with E-state index in [0.29, 0.717) is 6.07 Å². The van der Waals surface area contributed by atoms with Gasteiger partial charge in [0.15, 0.2) is 0 Å². The van der Waals surface area contributed by atoms with Gasteiger partial charge >= 0.3 is 12.6 Å². The molecule has 1 atom stereocenters. The van der Waals surface area contributed by atoms with Gasteiger partial charge < -0.3 is 15.2 Å². The fourth-order valence-corrected chi connectivity index (χ4v) is 1.61. The molecule has 0 saturated heterocycles. The van der Waals surface area contributed by atoms with Gasteiger partial charge in [0.1, 0.15) is 11.6 Å².